The molecule has 1 N–H and O–H groups in total. The fourth-order valence-electron chi connectivity index (χ4n) is 2.32. The van der Waals surface area contributed by atoms with Crippen LogP contribution in [0.5, 0.6) is 0 Å². The number of amides is 1. The van der Waals surface area contributed by atoms with Crippen molar-refractivity contribution in [1.82, 2.24) is 4.98 Å². The minimum absolute atomic E-state index is 0.0983. The van der Waals surface area contributed by atoms with E-state index in [4.69, 9.17) is 16.3 Å². The van der Waals surface area contributed by atoms with E-state index in [2.05, 4.69) is 10.3 Å². The molecule has 0 saturated heterocycles. The first-order chi connectivity index (χ1) is 12.6. The molecule has 132 valence electrons. The molecule has 26 heavy (non-hydrogen) atoms. The fraction of sp³-hybridized carbons (Fsp3) is 0.105. The highest BCUT2D eigenvalue weighted by molar-refractivity contribution is 7.18. The minimum Gasteiger partial charge on any atom is -0.462 e. The monoisotopic (exact) mass is 386 g/mol. The number of halogens is 1. The number of esters is 1. The number of aromatic nitrogens is 1. The van der Waals surface area contributed by atoms with Gasteiger partial charge < -0.3 is 10.1 Å². The number of nitrogens with one attached hydrogen (secondary N) is 1. The number of ether oxygens (including phenoxy) is 1. The molecule has 5 nitrogen and oxygen atoms in total. The Labute approximate surface area is 159 Å². The summed E-state index contributed by atoms with van der Waals surface area (Å²) in [6.07, 6.45) is 1.50. The second kappa shape index (κ2) is 8.12. The topological polar surface area (TPSA) is 68.3 Å². The zero-order chi connectivity index (χ0) is 18.5. The molecule has 0 aliphatic heterocycles. The largest absolute Gasteiger partial charge is 0.462 e. The maximum Gasteiger partial charge on any atom is 0.350 e. The van der Waals surface area contributed by atoms with Crippen LogP contribution >= 0.6 is 22.9 Å². The molecule has 0 bridgehead atoms. The van der Waals surface area contributed by atoms with Gasteiger partial charge in [-0.3, -0.25) is 4.79 Å². The number of hydrogen-bond acceptors (Lipinski definition) is 5. The number of carbonyl (C=O) groups is 2. The molecule has 0 aliphatic rings. The van der Waals surface area contributed by atoms with Crippen molar-refractivity contribution in [2.75, 3.05) is 11.9 Å². The number of anilines is 1. The van der Waals surface area contributed by atoms with E-state index >= 15 is 0 Å². The van der Waals surface area contributed by atoms with Gasteiger partial charge in [-0.15, -0.1) is 11.3 Å². The maximum absolute atomic E-state index is 12.5. The third-order valence-electron chi connectivity index (χ3n) is 3.50. The third-order valence-corrected chi connectivity index (χ3v) is 4.97. The summed E-state index contributed by atoms with van der Waals surface area (Å²) in [5.41, 5.74) is 1.57. The molecule has 0 spiro atoms. The van der Waals surface area contributed by atoms with Crippen molar-refractivity contribution < 1.29 is 14.3 Å². The highest BCUT2D eigenvalue weighted by Crippen LogP contribution is 2.35. The lowest BCUT2D eigenvalue weighted by Gasteiger charge is -2.06. The van der Waals surface area contributed by atoms with Gasteiger partial charge in [0.05, 0.1) is 17.9 Å². The quantitative estimate of drug-likeness (QED) is 0.500. The van der Waals surface area contributed by atoms with Crippen molar-refractivity contribution in [3.8, 4) is 10.4 Å². The van der Waals surface area contributed by atoms with Gasteiger partial charge >= 0.3 is 5.97 Å². The molecule has 0 saturated carbocycles. The van der Waals surface area contributed by atoms with Crippen LogP contribution in [0.3, 0.4) is 0 Å². The molecule has 0 atom stereocenters. The number of benzene rings is 1. The van der Waals surface area contributed by atoms with Gasteiger partial charge in [0, 0.05) is 11.1 Å². The molecule has 0 aliphatic carbocycles. The molecule has 0 fully saturated rings. The Morgan fingerprint density at radius 3 is 2.65 bits per heavy atom. The first-order valence-corrected chi connectivity index (χ1v) is 9.08. The van der Waals surface area contributed by atoms with Gasteiger partial charge in [0.2, 0.25) is 0 Å². The minimum atomic E-state index is -0.479. The van der Waals surface area contributed by atoms with Crippen LogP contribution in [0.4, 0.5) is 5.69 Å². The Bertz CT molecular complexity index is 941. The van der Waals surface area contributed by atoms with Crippen molar-refractivity contribution in [3.63, 3.8) is 0 Å². The van der Waals surface area contributed by atoms with Crippen molar-refractivity contribution in [2.24, 2.45) is 0 Å². The number of carbonyl (C=O) groups excluding carboxylic acids is 2. The van der Waals surface area contributed by atoms with E-state index in [1.165, 1.54) is 17.5 Å². The number of thiophene rings is 1. The molecular formula is C19H15ClN2O3S. The van der Waals surface area contributed by atoms with Crippen LogP contribution in [0.25, 0.3) is 10.4 Å². The van der Waals surface area contributed by atoms with E-state index in [0.717, 1.165) is 10.4 Å². The highest BCUT2D eigenvalue weighted by Gasteiger charge is 2.21. The van der Waals surface area contributed by atoms with Gasteiger partial charge in [-0.05, 0) is 30.7 Å². The summed E-state index contributed by atoms with van der Waals surface area (Å²) < 4.78 is 5.11. The smallest absolute Gasteiger partial charge is 0.350 e. The lowest BCUT2D eigenvalue weighted by Crippen LogP contribution is -2.15. The van der Waals surface area contributed by atoms with Crippen LogP contribution in [0.15, 0.2) is 54.7 Å². The summed E-state index contributed by atoms with van der Waals surface area (Å²) in [4.78, 5) is 29.9. The second-order valence-corrected chi connectivity index (χ2v) is 6.65. The number of rotatable bonds is 5. The summed E-state index contributed by atoms with van der Waals surface area (Å²) >= 11 is 7.24. The zero-order valence-corrected chi connectivity index (χ0v) is 15.4. The van der Waals surface area contributed by atoms with E-state index in [0.29, 0.717) is 10.6 Å². The van der Waals surface area contributed by atoms with Gasteiger partial charge in [0.25, 0.3) is 5.91 Å². The molecule has 0 radical (unpaired) electrons. The third kappa shape index (κ3) is 3.92. The maximum atomic E-state index is 12.5. The van der Waals surface area contributed by atoms with Crippen LogP contribution < -0.4 is 5.32 Å². The van der Waals surface area contributed by atoms with Crippen molar-refractivity contribution >= 4 is 40.5 Å². The Hall–Kier alpha value is -2.70. The first kappa shape index (κ1) is 18.1. The van der Waals surface area contributed by atoms with E-state index in [-0.39, 0.29) is 17.3 Å². The molecule has 7 heteroatoms. The van der Waals surface area contributed by atoms with E-state index in [1.54, 1.807) is 25.1 Å². The average molecular weight is 387 g/mol. The van der Waals surface area contributed by atoms with Gasteiger partial charge in [0.15, 0.2) is 0 Å². The van der Waals surface area contributed by atoms with Crippen molar-refractivity contribution in [1.29, 1.82) is 0 Å². The molecule has 1 amide bonds. The molecule has 3 aromatic rings. The summed E-state index contributed by atoms with van der Waals surface area (Å²) in [6.45, 7) is 1.98. The summed E-state index contributed by atoms with van der Waals surface area (Å²) in [7, 11) is 0. The van der Waals surface area contributed by atoms with E-state index < -0.39 is 11.9 Å². The lowest BCUT2D eigenvalue weighted by atomic mass is 10.2. The fourth-order valence-corrected chi connectivity index (χ4v) is 3.54. The lowest BCUT2D eigenvalue weighted by molar-refractivity contribution is 0.0533. The van der Waals surface area contributed by atoms with Crippen molar-refractivity contribution in [2.45, 2.75) is 6.92 Å². The Morgan fingerprint density at radius 2 is 1.96 bits per heavy atom. The summed E-state index contributed by atoms with van der Waals surface area (Å²) in [5, 5.41) is 2.84. The predicted molar refractivity (Wildman–Crippen MR) is 103 cm³/mol. The van der Waals surface area contributed by atoms with Gasteiger partial charge in [-0.2, -0.15) is 0 Å². The van der Waals surface area contributed by atoms with Crippen LogP contribution in [-0.2, 0) is 4.74 Å². The van der Waals surface area contributed by atoms with E-state index in [9.17, 15) is 9.59 Å². The Morgan fingerprint density at radius 1 is 1.19 bits per heavy atom. The van der Waals surface area contributed by atoms with Crippen molar-refractivity contribution in [3.05, 3.63) is 70.3 Å². The van der Waals surface area contributed by atoms with Gasteiger partial charge in [-0.25, -0.2) is 9.78 Å². The van der Waals surface area contributed by atoms with E-state index in [1.807, 2.05) is 30.3 Å². The number of hydrogen-bond donors (Lipinski definition) is 1. The SMILES string of the molecule is CCOC(=O)c1sc(-c2ccccc2)cc1NC(=O)c1cccnc1Cl. The summed E-state index contributed by atoms with van der Waals surface area (Å²) in [5.74, 6) is -0.918. The first-order valence-electron chi connectivity index (χ1n) is 7.88. The zero-order valence-electron chi connectivity index (χ0n) is 13.9. The number of pyridine rings is 1. The van der Waals surface area contributed by atoms with Crippen LogP contribution in [0.2, 0.25) is 5.15 Å². The predicted octanol–water partition coefficient (Wildman–Crippen LogP) is 4.89. The van der Waals surface area contributed by atoms with Crippen LogP contribution in [0, 0.1) is 0 Å². The molecule has 1 aromatic carbocycles. The number of nitrogens with zero attached hydrogens (tertiary/aromatic N) is 1. The molecule has 2 aromatic heterocycles. The van der Waals surface area contributed by atoms with Crippen LogP contribution in [0.1, 0.15) is 27.0 Å². The molecule has 0 unspecified atom stereocenters. The molecular weight excluding hydrogens is 372 g/mol. The van der Waals surface area contributed by atoms with Crippen LogP contribution in [-0.4, -0.2) is 23.5 Å². The standard InChI is InChI=1S/C19H15ClN2O3S/c1-2-25-19(24)16-14(11-15(26-16)12-7-4-3-5-8-12)22-18(23)13-9-6-10-21-17(13)20/h3-11H,2H2,1H3,(H,22,23). The summed E-state index contributed by atoms with van der Waals surface area (Å²) in [6, 6.07) is 14.5. The van der Waals surface area contributed by atoms with Gasteiger partial charge in [-0.1, -0.05) is 41.9 Å². The molecule has 2 heterocycles. The van der Waals surface area contributed by atoms with Gasteiger partial charge in [0.1, 0.15) is 10.0 Å². The average Bonchev–Trinajstić information content (AvgIpc) is 3.07. The Kier molecular flexibility index (Phi) is 5.65. The molecule has 3 rings (SSSR count). The normalized spacial score (nSPS) is 10.4. The Balaban J connectivity index is 1.96. The highest BCUT2D eigenvalue weighted by atomic mass is 35.5. The second-order valence-electron chi connectivity index (χ2n) is 5.24.